The maximum Gasteiger partial charge on any atom is 0.283 e. The van der Waals surface area contributed by atoms with E-state index in [0.29, 0.717) is 30.4 Å². The molecule has 0 aliphatic carbocycles. The van der Waals surface area contributed by atoms with Crippen molar-refractivity contribution in [3.8, 4) is 23.3 Å². The van der Waals surface area contributed by atoms with Crippen LogP contribution < -0.4 is 9.64 Å². The zero-order valence-electron chi connectivity index (χ0n) is 20.5. The second-order valence-corrected chi connectivity index (χ2v) is 9.32. The molecular weight excluding hydrogens is 487 g/mol. The number of rotatable bonds is 5. The molecule has 1 amide bonds. The lowest BCUT2D eigenvalue weighted by Gasteiger charge is -2.34. The van der Waals surface area contributed by atoms with Crippen molar-refractivity contribution in [1.82, 2.24) is 19.4 Å². The smallest absolute Gasteiger partial charge is 0.283 e. The van der Waals surface area contributed by atoms with E-state index in [2.05, 4.69) is 9.97 Å². The van der Waals surface area contributed by atoms with E-state index >= 15 is 0 Å². The van der Waals surface area contributed by atoms with Crippen LogP contribution in [0.5, 0.6) is 5.88 Å². The summed E-state index contributed by atoms with van der Waals surface area (Å²) in [5, 5.41) is 9.56. The van der Waals surface area contributed by atoms with Crippen LogP contribution in [0.25, 0.3) is 11.4 Å². The number of methoxy groups -OCH3 is 1. The van der Waals surface area contributed by atoms with Crippen molar-refractivity contribution in [2.24, 2.45) is 4.99 Å². The Labute approximate surface area is 210 Å². The molecule has 0 unspecified atom stereocenters. The van der Waals surface area contributed by atoms with Crippen molar-refractivity contribution >= 4 is 17.7 Å². The van der Waals surface area contributed by atoms with Crippen molar-refractivity contribution in [1.29, 1.82) is 5.26 Å². The number of aromatic nitrogens is 3. The number of nitriles is 1. The largest absolute Gasteiger partial charge is 0.480 e. The lowest BCUT2D eigenvalue weighted by Crippen LogP contribution is -2.51. The third-order valence-corrected chi connectivity index (χ3v) is 6.20. The number of hydrogen-bond donors (Lipinski definition) is 0. The van der Waals surface area contributed by atoms with Crippen LogP contribution in [0.2, 0.25) is 0 Å². The van der Waals surface area contributed by atoms with Crippen LogP contribution in [0.4, 0.5) is 19.0 Å². The summed E-state index contributed by atoms with van der Waals surface area (Å²) >= 11 is 0. The normalized spacial score (nSPS) is 15.8. The Morgan fingerprint density at radius 1 is 1.19 bits per heavy atom. The molecule has 37 heavy (non-hydrogen) atoms. The number of aliphatic imine (C=N–C) groups is 1. The number of nitrogens with zero attached hydrogens (tertiary/aromatic N) is 7. The zero-order valence-corrected chi connectivity index (χ0v) is 20.5. The number of carbonyl (C=O) groups is 1. The van der Waals surface area contributed by atoms with Crippen molar-refractivity contribution in [3.63, 3.8) is 0 Å². The Balaban J connectivity index is 1.76. The molecule has 0 bridgehead atoms. The van der Waals surface area contributed by atoms with E-state index in [1.165, 1.54) is 24.3 Å². The van der Waals surface area contributed by atoms with Gasteiger partial charge in [-0.3, -0.25) is 14.6 Å². The van der Waals surface area contributed by atoms with Gasteiger partial charge >= 0.3 is 0 Å². The van der Waals surface area contributed by atoms with Gasteiger partial charge in [-0.15, -0.1) is 0 Å². The standard InChI is InChI=1S/C25H22F3N7O2/c1-5-33-23(36)19-22(35-12-25(2,3)32-24(33)35)34(11-13-6-16(26)18(28)17(27)7-13)20(31-19)15-8-14(9-29)21(37-4)30-10-15/h6-8,10H,5,11-12H2,1-4H3. The summed E-state index contributed by atoms with van der Waals surface area (Å²) in [5.74, 6) is -3.45. The van der Waals surface area contributed by atoms with E-state index in [9.17, 15) is 23.2 Å². The molecule has 4 heterocycles. The van der Waals surface area contributed by atoms with Gasteiger partial charge in [-0.05, 0) is 44.5 Å². The highest BCUT2D eigenvalue weighted by Gasteiger charge is 2.45. The average molecular weight is 509 g/mol. The number of fused-ring (bicyclic) bond motifs is 3. The van der Waals surface area contributed by atoms with Crippen molar-refractivity contribution in [2.45, 2.75) is 32.9 Å². The summed E-state index contributed by atoms with van der Waals surface area (Å²) < 4.78 is 48.6. The molecule has 0 saturated carbocycles. The van der Waals surface area contributed by atoms with Gasteiger partial charge in [0.2, 0.25) is 11.8 Å². The molecule has 0 radical (unpaired) electrons. The minimum absolute atomic E-state index is 0.112. The number of pyridine rings is 1. The van der Waals surface area contributed by atoms with Crippen LogP contribution in [-0.2, 0) is 6.54 Å². The molecule has 0 fully saturated rings. The van der Waals surface area contributed by atoms with Crippen LogP contribution in [0.3, 0.4) is 0 Å². The van der Waals surface area contributed by atoms with E-state index < -0.39 is 23.0 Å². The molecule has 2 aliphatic heterocycles. The lowest BCUT2D eigenvalue weighted by molar-refractivity contribution is 0.0841. The summed E-state index contributed by atoms with van der Waals surface area (Å²) in [6, 6.07) is 5.31. The number of imidazole rings is 1. The van der Waals surface area contributed by atoms with Gasteiger partial charge < -0.3 is 9.30 Å². The van der Waals surface area contributed by atoms with Crippen molar-refractivity contribution < 1.29 is 22.7 Å². The van der Waals surface area contributed by atoms with Crippen LogP contribution in [0, 0.1) is 28.8 Å². The number of guanidine groups is 1. The number of benzene rings is 1. The molecule has 0 N–H and O–H groups in total. The quantitative estimate of drug-likeness (QED) is 0.486. The Hall–Kier alpha value is -4.40. The van der Waals surface area contributed by atoms with Crippen LogP contribution in [-0.4, -0.2) is 57.0 Å². The zero-order chi connectivity index (χ0) is 26.6. The molecule has 2 aromatic heterocycles. The van der Waals surface area contributed by atoms with Crippen molar-refractivity contribution in [3.05, 3.63) is 58.7 Å². The summed E-state index contributed by atoms with van der Waals surface area (Å²) in [6.45, 7) is 6.29. The van der Waals surface area contributed by atoms with Gasteiger partial charge in [-0.2, -0.15) is 5.26 Å². The summed E-state index contributed by atoms with van der Waals surface area (Å²) in [4.78, 5) is 30.4. The molecule has 9 nitrogen and oxygen atoms in total. The fourth-order valence-electron chi connectivity index (χ4n) is 4.63. The number of amides is 1. The van der Waals surface area contributed by atoms with Gasteiger partial charge in [0.15, 0.2) is 23.1 Å². The highest BCUT2D eigenvalue weighted by molar-refractivity contribution is 6.18. The first-order valence-corrected chi connectivity index (χ1v) is 11.5. The molecule has 0 saturated heterocycles. The molecular formula is C25H22F3N7O2. The van der Waals surface area contributed by atoms with E-state index in [0.717, 1.165) is 12.1 Å². The predicted octanol–water partition coefficient (Wildman–Crippen LogP) is 3.72. The predicted molar refractivity (Wildman–Crippen MR) is 128 cm³/mol. The Morgan fingerprint density at radius 2 is 1.89 bits per heavy atom. The molecule has 0 atom stereocenters. The Kier molecular flexibility index (Phi) is 5.66. The van der Waals surface area contributed by atoms with E-state index in [1.54, 1.807) is 4.57 Å². The minimum atomic E-state index is -1.57. The highest BCUT2D eigenvalue weighted by Crippen LogP contribution is 2.39. The molecule has 12 heteroatoms. The Bertz CT molecular complexity index is 1500. The average Bonchev–Trinajstić information content (AvgIpc) is 3.39. The third-order valence-electron chi connectivity index (χ3n) is 6.20. The first-order valence-electron chi connectivity index (χ1n) is 11.5. The van der Waals surface area contributed by atoms with Gasteiger partial charge in [0.25, 0.3) is 5.91 Å². The van der Waals surface area contributed by atoms with E-state index in [4.69, 9.17) is 9.73 Å². The second kappa shape index (κ2) is 8.62. The summed E-state index contributed by atoms with van der Waals surface area (Å²) in [5.41, 5.74) is 0.219. The maximum atomic E-state index is 14.1. The van der Waals surface area contributed by atoms with Gasteiger partial charge in [0, 0.05) is 18.3 Å². The Morgan fingerprint density at radius 3 is 2.51 bits per heavy atom. The molecule has 190 valence electrons. The van der Waals surface area contributed by atoms with Crippen LogP contribution >= 0.6 is 0 Å². The van der Waals surface area contributed by atoms with E-state index in [1.807, 2.05) is 31.7 Å². The van der Waals surface area contributed by atoms with E-state index in [-0.39, 0.29) is 41.0 Å². The molecule has 2 aliphatic rings. The second-order valence-electron chi connectivity index (χ2n) is 9.32. The third kappa shape index (κ3) is 3.87. The number of hydrogen-bond acceptors (Lipinski definition) is 7. The number of anilines is 1. The maximum absolute atomic E-state index is 14.1. The molecule has 3 aromatic rings. The topological polar surface area (TPSA) is 99.6 Å². The number of carbonyl (C=O) groups excluding carboxylic acids is 1. The molecule has 5 rings (SSSR count). The van der Waals surface area contributed by atoms with Gasteiger partial charge in [-0.25, -0.2) is 28.1 Å². The van der Waals surface area contributed by atoms with Gasteiger partial charge in [-0.1, -0.05) is 0 Å². The van der Waals surface area contributed by atoms with Crippen molar-refractivity contribution in [2.75, 3.05) is 25.1 Å². The number of halogens is 3. The first kappa shape index (κ1) is 24.3. The monoisotopic (exact) mass is 509 g/mol. The lowest BCUT2D eigenvalue weighted by atomic mass is 10.1. The SMILES string of the molecule is CCN1C(=O)c2nc(-c3cnc(OC)c(C#N)c3)n(Cc3cc(F)c(F)c(F)c3)c2N2CC(C)(C)N=C12. The fraction of sp³-hybridized carbons (Fsp3) is 0.320. The minimum Gasteiger partial charge on any atom is -0.480 e. The summed E-state index contributed by atoms with van der Waals surface area (Å²) in [6.07, 6.45) is 1.43. The summed E-state index contributed by atoms with van der Waals surface area (Å²) in [7, 11) is 1.38. The van der Waals surface area contributed by atoms with Gasteiger partial charge in [0.1, 0.15) is 23.3 Å². The first-order chi connectivity index (χ1) is 17.6. The van der Waals surface area contributed by atoms with Crippen LogP contribution in [0.1, 0.15) is 42.4 Å². The number of ether oxygens (including phenoxy) is 1. The van der Waals surface area contributed by atoms with Gasteiger partial charge in [0.05, 0.1) is 25.7 Å². The molecule has 0 spiro atoms. The fourth-order valence-corrected chi connectivity index (χ4v) is 4.63. The molecule has 1 aromatic carbocycles. The highest BCUT2D eigenvalue weighted by atomic mass is 19.2. The van der Waals surface area contributed by atoms with Crippen LogP contribution in [0.15, 0.2) is 29.4 Å².